The second-order valence-electron chi connectivity index (χ2n) is 6.81. The van der Waals surface area contributed by atoms with Gasteiger partial charge in [-0.05, 0) is 31.4 Å². The Morgan fingerprint density at radius 2 is 2.04 bits per heavy atom. The molecule has 1 N–H and O–H groups in total. The Bertz CT molecular complexity index is 1010. The summed E-state index contributed by atoms with van der Waals surface area (Å²) in [5.74, 6) is -0.147. The third-order valence-corrected chi connectivity index (χ3v) is 4.93. The average Bonchev–Trinajstić information content (AvgIpc) is 3.28. The van der Waals surface area contributed by atoms with E-state index in [4.69, 9.17) is 0 Å². The van der Waals surface area contributed by atoms with Crippen LogP contribution in [0.5, 0.6) is 0 Å². The number of para-hydroxylation sites is 1. The van der Waals surface area contributed by atoms with Gasteiger partial charge in [0.1, 0.15) is 18.3 Å². The molecule has 0 spiro atoms. The van der Waals surface area contributed by atoms with Crippen molar-refractivity contribution in [3.05, 3.63) is 52.7 Å². The zero-order chi connectivity index (χ0) is 18.1. The first-order valence-electron chi connectivity index (χ1n) is 8.92. The molecule has 1 aromatic carbocycles. The second-order valence-corrected chi connectivity index (χ2v) is 6.81. The summed E-state index contributed by atoms with van der Waals surface area (Å²) in [5, 5.41) is 7.73. The van der Waals surface area contributed by atoms with Crippen LogP contribution in [0.3, 0.4) is 0 Å². The van der Waals surface area contributed by atoms with E-state index in [1.54, 1.807) is 4.68 Å². The molecule has 2 heterocycles. The highest BCUT2D eigenvalue weighted by Gasteiger charge is 2.18. The summed E-state index contributed by atoms with van der Waals surface area (Å²) >= 11 is 0. The molecule has 0 atom stereocenters. The minimum absolute atomic E-state index is 0.0200. The van der Waals surface area contributed by atoms with E-state index in [0.29, 0.717) is 11.0 Å². The lowest BCUT2D eigenvalue weighted by Crippen LogP contribution is -2.37. The van der Waals surface area contributed by atoms with Crippen LogP contribution in [0.2, 0.25) is 0 Å². The van der Waals surface area contributed by atoms with Crippen molar-refractivity contribution in [1.29, 1.82) is 0 Å². The molecule has 1 amide bonds. The molecule has 2 aromatic heterocycles. The molecule has 0 aliphatic heterocycles. The summed E-state index contributed by atoms with van der Waals surface area (Å²) < 4.78 is 3.01. The van der Waals surface area contributed by atoms with Gasteiger partial charge in [-0.1, -0.05) is 31.0 Å². The Hall–Kier alpha value is -2.96. The predicted molar refractivity (Wildman–Crippen MR) is 98.3 cm³/mol. The summed E-state index contributed by atoms with van der Waals surface area (Å²) in [7, 11) is 0. The first-order chi connectivity index (χ1) is 12.6. The Balaban J connectivity index is 1.63. The van der Waals surface area contributed by atoms with Gasteiger partial charge >= 0.3 is 0 Å². The number of hydrogen-bond acceptors (Lipinski definition) is 4. The van der Waals surface area contributed by atoms with Crippen LogP contribution in [0.15, 0.2) is 41.6 Å². The van der Waals surface area contributed by atoms with Crippen LogP contribution in [0, 0.1) is 6.92 Å². The first-order valence-corrected chi connectivity index (χ1v) is 8.92. The van der Waals surface area contributed by atoms with Crippen LogP contribution >= 0.6 is 0 Å². The second kappa shape index (κ2) is 6.74. The molecular formula is C19H21N5O2. The Morgan fingerprint density at radius 1 is 1.27 bits per heavy atom. The number of carbonyl (C=O) groups is 1. The molecule has 1 aliphatic carbocycles. The average molecular weight is 351 g/mol. The summed E-state index contributed by atoms with van der Waals surface area (Å²) in [6.07, 6.45) is 7.27. The van der Waals surface area contributed by atoms with Crippen LogP contribution in [0.25, 0.3) is 16.7 Å². The maximum absolute atomic E-state index is 12.7. The number of nitrogens with one attached hydrogen (secondary N) is 1. The minimum Gasteiger partial charge on any atom is -0.352 e. The van der Waals surface area contributed by atoms with Gasteiger partial charge in [0.25, 0.3) is 5.56 Å². The van der Waals surface area contributed by atoms with Crippen molar-refractivity contribution in [2.75, 3.05) is 0 Å². The maximum Gasteiger partial charge on any atom is 0.264 e. The monoisotopic (exact) mass is 351 g/mol. The number of hydrogen-bond donors (Lipinski definition) is 1. The smallest absolute Gasteiger partial charge is 0.264 e. The topological polar surface area (TPSA) is 81.8 Å². The molecule has 1 saturated carbocycles. The quantitative estimate of drug-likeness (QED) is 0.779. The lowest BCUT2D eigenvalue weighted by Gasteiger charge is -2.12. The molecule has 4 rings (SSSR count). The van der Waals surface area contributed by atoms with E-state index in [-0.39, 0.29) is 24.1 Å². The number of nitrogens with zero attached hydrogens (tertiary/aromatic N) is 4. The summed E-state index contributed by atoms with van der Waals surface area (Å²) in [6.45, 7) is 1.96. The molecule has 7 heteroatoms. The molecule has 0 bridgehead atoms. The fourth-order valence-corrected chi connectivity index (χ4v) is 3.54. The van der Waals surface area contributed by atoms with Crippen LogP contribution in [-0.2, 0) is 11.3 Å². The van der Waals surface area contributed by atoms with Gasteiger partial charge in [0.2, 0.25) is 5.91 Å². The van der Waals surface area contributed by atoms with Crippen molar-refractivity contribution in [3.63, 3.8) is 0 Å². The summed E-state index contributed by atoms with van der Waals surface area (Å²) in [4.78, 5) is 29.3. The largest absolute Gasteiger partial charge is 0.352 e. The lowest BCUT2D eigenvalue weighted by molar-refractivity contribution is -0.122. The molecule has 0 unspecified atom stereocenters. The standard InChI is InChI=1S/C19H21N5O2/c1-13-6-2-5-9-16(13)24-18-15(10-21-24)19(26)23(12-20-18)11-17(25)22-14-7-3-4-8-14/h2,5-6,9-10,12,14H,3-4,7-8,11H2,1H3,(H,22,25). The minimum atomic E-state index is -0.253. The van der Waals surface area contributed by atoms with Crippen LogP contribution in [0.4, 0.5) is 0 Å². The molecule has 0 radical (unpaired) electrons. The van der Waals surface area contributed by atoms with Gasteiger partial charge in [-0.2, -0.15) is 5.10 Å². The van der Waals surface area contributed by atoms with Gasteiger partial charge in [0, 0.05) is 6.04 Å². The van der Waals surface area contributed by atoms with Crippen LogP contribution < -0.4 is 10.9 Å². The highest BCUT2D eigenvalue weighted by Crippen LogP contribution is 2.18. The van der Waals surface area contributed by atoms with Crippen molar-refractivity contribution >= 4 is 16.9 Å². The molecule has 1 aliphatic rings. The van der Waals surface area contributed by atoms with E-state index in [1.807, 2.05) is 31.2 Å². The number of aryl methyl sites for hydroxylation is 1. The molecule has 7 nitrogen and oxygen atoms in total. The fraction of sp³-hybridized carbons (Fsp3) is 0.368. The highest BCUT2D eigenvalue weighted by molar-refractivity contribution is 5.78. The lowest BCUT2D eigenvalue weighted by atomic mass is 10.2. The predicted octanol–water partition coefficient (Wildman–Crippen LogP) is 1.95. The molecular weight excluding hydrogens is 330 g/mol. The van der Waals surface area contributed by atoms with Gasteiger partial charge < -0.3 is 5.32 Å². The van der Waals surface area contributed by atoms with Gasteiger partial charge in [0.15, 0.2) is 5.65 Å². The molecule has 26 heavy (non-hydrogen) atoms. The van der Waals surface area contributed by atoms with E-state index in [0.717, 1.165) is 36.9 Å². The fourth-order valence-electron chi connectivity index (χ4n) is 3.54. The maximum atomic E-state index is 12.7. The van der Waals surface area contributed by atoms with Crippen LogP contribution in [0.1, 0.15) is 31.2 Å². The molecule has 134 valence electrons. The van der Waals surface area contributed by atoms with E-state index < -0.39 is 0 Å². The molecule has 3 aromatic rings. The van der Waals surface area contributed by atoms with E-state index in [1.165, 1.54) is 17.1 Å². The zero-order valence-corrected chi connectivity index (χ0v) is 14.7. The number of amides is 1. The van der Waals surface area contributed by atoms with Crippen molar-refractivity contribution in [3.8, 4) is 5.69 Å². The Morgan fingerprint density at radius 3 is 2.81 bits per heavy atom. The van der Waals surface area contributed by atoms with Crippen molar-refractivity contribution in [2.45, 2.75) is 45.2 Å². The van der Waals surface area contributed by atoms with E-state index in [2.05, 4.69) is 15.4 Å². The Labute approximate surface area is 150 Å². The normalized spacial score (nSPS) is 14.8. The SMILES string of the molecule is Cc1ccccc1-n1ncc2c(=O)n(CC(=O)NC3CCCC3)cnc21. The van der Waals surface area contributed by atoms with Crippen molar-refractivity contribution in [2.24, 2.45) is 0 Å². The van der Waals surface area contributed by atoms with Gasteiger partial charge in [0.05, 0.1) is 11.9 Å². The van der Waals surface area contributed by atoms with Gasteiger partial charge in [-0.25, -0.2) is 9.67 Å². The van der Waals surface area contributed by atoms with Crippen molar-refractivity contribution in [1.82, 2.24) is 24.6 Å². The molecule has 0 saturated heterocycles. The highest BCUT2D eigenvalue weighted by atomic mass is 16.2. The van der Waals surface area contributed by atoms with Crippen LogP contribution in [-0.4, -0.2) is 31.3 Å². The van der Waals surface area contributed by atoms with Crippen molar-refractivity contribution < 1.29 is 4.79 Å². The number of fused-ring (bicyclic) bond motifs is 1. The summed E-state index contributed by atoms with van der Waals surface area (Å²) in [5.41, 5.74) is 2.17. The summed E-state index contributed by atoms with van der Waals surface area (Å²) in [6, 6.07) is 8.03. The van der Waals surface area contributed by atoms with E-state index in [9.17, 15) is 9.59 Å². The number of carbonyl (C=O) groups excluding carboxylic acids is 1. The number of aromatic nitrogens is 4. The van der Waals surface area contributed by atoms with Gasteiger partial charge in [-0.3, -0.25) is 14.2 Å². The zero-order valence-electron chi connectivity index (χ0n) is 14.7. The van der Waals surface area contributed by atoms with Gasteiger partial charge in [-0.15, -0.1) is 0 Å². The number of benzene rings is 1. The third-order valence-electron chi connectivity index (χ3n) is 4.93. The number of rotatable bonds is 4. The van der Waals surface area contributed by atoms with E-state index >= 15 is 0 Å². The Kier molecular flexibility index (Phi) is 4.28. The third kappa shape index (κ3) is 3.00. The molecule has 1 fully saturated rings. The first kappa shape index (κ1) is 16.5.